The van der Waals surface area contributed by atoms with Crippen LogP contribution in [0.5, 0.6) is 0 Å². The number of aromatic nitrogens is 4. The van der Waals surface area contributed by atoms with Crippen LogP contribution in [0.15, 0.2) is 55.1 Å². The first-order chi connectivity index (χ1) is 18.5. The summed E-state index contributed by atoms with van der Waals surface area (Å²) < 4.78 is 50.5. The lowest BCUT2D eigenvalue weighted by atomic mass is 10.00. The van der Waals surface area contributed by atoms with Crippen LogP contribution in [0.2, 0.25) is 0 Å². The van der Waals surface area contributed by atoms with Gasteiger partial charge in [0.25, 0.3) is 0 Å². The Morgan fingerprint density at radius 1 is 0.895 bits per heavy atom. The predicted octanol–water partition coefficient (Wildman–Crippen LogP) is 4.57. The molecule has 0 saturated carbocycles. The summed E-state index contributed by atoms with van der Waals surface area (Å²) in [5.41, 5.74) is 8.90. The molecule has 6 rings (SSSR count). The number of fused-ring (bicyclic) bond motifs is 2. The average molecular weight is 519 g/mol. The van der Waals surface area contributed by atoms with E-state index < -0.39 is 17.5 Å². The summed E-state index contributed by atoms with van der Waals surface area (Å²) in [4.78, 5) is 15.3. The standard InChI is InChI=1S/C28H25F3N6O/c29-19-9-17(10-20(30)13-19)11-21-12-18-1-2-22(26(31)23(18)14-33-21)24-15-37(4-3-36-5-7-38-8-6-36)28-25(24)27(32)34-16-35-28/h1-2,9-10,12-16H,3-8,11H2,(H2,32,34,35). The number of ether oxygens (including phenoxy) is 1. The summed E-state index contributed by atoms with van der Waals surface area (Å²) in [6.07, 6.45) is 4.97. The van der Waals surface area contributed by atoms with Gasteiger partial charge in [-0.3, -0.25) is 9.88 Å². The highest BCUT2D eigenvalue weighted by Crippen LogP contribution is 2.36. The Morgan fingerprint density at radius 2 is 1.68 bits per heavy atom. The van der Waals surface area contributed by atoms with Crippen molar-refractivity contribution in [2.75, 3.05) is 38.6 Å². The number of nitrogens with zero attached hydrogens (tertiary/aromatic N) is 5. The molecule has 5 aromatic rings. The maximum Gasteiger partial charge on any atom is 0.146 e. The Bertz CT molecular complexity index is 1630. The molecular formula is C28H25F3N6O. The fourth-order valence-electron chi connectivity index (χ4n) is 5.05. The molecule has 1 aliphatic heterocycles. The highest BCUT2D eigenvalue weighted by molar-refractivity contribution is 6.02. The maximum absolute atomic E-state index is 15.9. The number of nitrogen functional groups attached to an aromatic ring is 1. The Hall–Kier alpha value is -4.02. The summed E-state index contributed by atoms with van der Waals surface area (Å²) in [7, 11) is 0. The van der Waals surface area contributed by atoms with Gasteiger partial charge in [-0.2, -0.15) is 0 Å². The smallest absolute Gasteiger partial charge is 0.146 e. The Labute approximate surface area is 216 Å². The molecule has 0 amide bonds. The minimum atomic E-state index is -0.649. The fraction of sp³-hybridized carbons (Fsp3) is 0.250. The Kier molecular flexibility index (Phi) is 6.42. The number of hydrogen-bond acceptors (Lipinski definition) is 6. The molecule has 0 bridgehead atoms. The molecule has 0 spiro atoms. The van der Waals surface area contributed by atoms with Crippen LogP contribution in [-0.4, -0.2) is 57.3 Å². The van der Waals surface area contributed by atoms with Gasteiger partial charge in [-0.15, -0.1) is 0 Å². The van der Waals surface area contributed by atoms with E-state index in [-0.39, 0.29) is 12.2 Å². The van der Waals surface area contributed by atoms with Crippen LogP contribution < -0.4 is 5.73 Å². The SMILES string of the molecule is Nc1ncnc2c1c(-c1ccc3cc(Cc4cc(F)cc(F)c4)ncc3c1F)cn2CCN1CCOCC1. The highest BCUT2D eigenvalue weighted by atomic mass is 19.1. The summed E-state index contributed by atoms with van der Waals surface area (Å²) in [6, 6.07) is 8.60. The van der Waals surface area contributed by atoms with Crippen LogP contribution in [0.1, 0.15) is 11.3 Å². The van der Waals surface area contributed by atoms with Gasteiger partial charge in [0.15, 0.2) is 0 Å². The van der Waals surface area contributed by atoms with Gasteiger partial charge in [-0.05, 0) is 29.1 Å². The average Bonchev–Trinajstić information content (AvgIpc) is 3.27. The summed E-state index contributed by atoms with van der Waals surface area (Å²) >= 11 is 0. The molecular weight excluding hydrogens is 493 g/mol. The van der Waals surface area contributed by atoms with Crippen LogP contribution >= 0.6 is 0 Å². The third-order valence-corrected chi connectivity index (χ3v) is 6.94. The van der Waals surface area contributed by atoms with Crippen molar-refractivity contribution in [3.05, 3.63) is 83.8 Å². The zero-order valence-electron chi connectivity index (χ0n) is 20.5. The lowest BCUT2D eigenvalue weighted by Crippen LogP contribution is -2.38. The Balaban J connectivity index is 1.35. The number of benzene rings is 2. The van der Waals surface area contributed by atoms with Crippen molar-refractivity contribution >= 4 is 27.6 Å². The summed E-state index contributed by atoms with van der Waals surface area (Å²) in [5.74, 6) is -1.45. The van der Waals surface area contributed by atoms with E-state index in [1.165, 1.54) is 24.7 Å². The third-order valence-electron chi connectivity index (χ3n) is 6.94. The van der Waals surface area contributed by atoms with Gasteiger partial charge in [-0.1, -0.05) is 12.1 Å². The number of halogens is 3. The van der Waals surface area contributed by atoms with Crippen molar-refractivity contribution in [2.45, 2.75) is 13.0 Å². The molecule has 38 heavy (non-hydrogen) atoms. The topological polar surface area (TPSA) is 82.1 Å². The fourth-order valence-corrected chi connectivity index (χ4v) is 5.05. The largest absolute Gasteiger partial charge is 0.383 e. The summed E-state index contributed by atoms with van der Waals surface area (Å²) in [5, 5.41) is 1.57. The zero-order chi connectivity index (χ0) is 26.2. The number of hydrogen-bond donors (Lipinski definition) is 1. The molecule has 0 aliphatic carbocycles. The molecule has 0 unspecified atom stereocenters. The monoisotopic (exact) mass is 518 g/mol. The molecule has 0 atom stereocenters. The minimum Gasteiger partial charge on any atom is -0.383 e. The van der Waals surface area contributed by atoms with Gasteiger partial charge in [-0.25, -0.2) is 23.1 Å². The van der Waals surface area contributed by atoms with E-state index in [9.17, 15) is 8.78 Å². The number of nitrogens with two attached hydrogens (primary N) is 1. The van der Waals surface area contributed by atoms with Crippen molar-refractivity contribution in [3.63, 3.8) is 0 Å². The van der Waals surface area contributed by atoms with Gasteiger partial charge in [0, 0.05) is 73.3 Å². The van der Waals surface area contributed by atoms with Crippen LogP contribution in [0.4, 0.5) is 19.0 Å². The van der Waals surface area contributed by atoms with Crippen molar-refractivity contribution in [3.8, 4) is 11.1 Å². The maximum atomic E-state index is 15.9. The van der Waals surface area contributed by atoms with Gasteiger partial charge >= 0.3 is 0 Å². The lowest BCUT2D eigenvalue weighted by molar-refractivity contribution is 0.0365. The molecule has 194 valence electrons. The zero-order valence-corrected chi connectivity index (χ0v) is 20.5. The number of pyridine rings is 1. The van der Waals surface area contributed by atoms with Gasteiger partial charge < -0.3 is 15.0 Å². The predicted molar refractivity (Wildman–Crippen MR) is 139 cm³/mol. The molecule has 10 heteroatoms. The minimum absolute atomic E-state index is 0.221. The van der Waals surface area contributed by atoms with E-state index in [1.54, 1.807) is 12.1 Å². The molecule has 1 saturated heterocycles. The first kappa shape index (κ1) is 24.3. The third kappa shape index (κ3) is 4.68. The van der Waals surface area contributed by atoms with Gasteiger partial charge in [0.1, 0.15) is 35.2 Å². The van der Waals surface area contributed by atoms with E-state index in [1.807, 2.05) is 16.8 Å². The van der Waals surface area contributed by atoms with Crippen molar-refractivity contribution < 1.29 is 17.9 Å². The van der Waals surface area contributed by atoms with Crippen LogP contribution in [0.25, 0.3) is 32.9 Å². The second-order valence-electron chi connectivity index (χ2n) is 9.43. The number of anilines is 1. The van der Waals surface area contributed by atoms with Crippen LogP contribution in [0, 0.1) is 17.5 Å². The van der Waals surface area contributed by atoms with E-state index in [2.05, 4.69) is 19.9 Å². The van der Waals surface area contributed by atoms with Crippen LogP contribution in [-0.2, 0) is 17.7 Å². The molecule has 2 aromatic carbocycles. The molecule has 2 N–H and O–H groups in total. The highest BCUT2D eigenvalue weighted by Gasteiger charge is 2.20. The lowest BCUT2D eigenvalue weighted by Gasteiger charge is -2.26. The van der Waals surface area contributed by atoms with Crippen LogP contribution in [0.3, 0.4) is 0 Å². The van der Waals surface area contributed by atoms with Crippen molar-refractivity contribution in [1.82, 2.24) is 24.4 Å². The molecule has 1 aliphatic rings. The summed E-state index contributed by atoms with van der Waals surface area (Å²) in [6.45, 7) is 4.62. The van der Waals surface area contributed by atoms with Gasteiger partial charge in [0.2, 0.25) is 0 Å². The van der Waals surface area contributed by atoms with E-state index in [0.29, 0.717) is 63.9 Å². The molecule has 0 radical (unpaired) electrons. The quantitative estimate of drug-likeness (QED) is 0.355. The number of rotatable bonds is 6. The molecule has 1 fully saturated rings. The van der Waals surface area contributed by atoms with Gasteiger partial charge in [0.05, 0.1) is 18.6 Å². The van der Waals surface area contributed by atoms with Crippen molar-refractivity contribution in [2.24, 2.45) is 0 Å². The number of morpholine rings is 1. The first-order valence-corrected chi connectivity index (χ1v) is 12.4. The molecule has 7 nitrogen and oxygen atoms in total. The van der Waals surface area contributed by atoms with E-state index >= 15 is 4.39 Å². The second kappa shape index (κ2) is 10.0. The van der Waals surface area contributed by atoms with E-state index in [0.717, 1.165) is 25.7 Å². The second-order valence-corrected chi connectivity index (χ2v) is 9.43. The molecule has 4 heterocycles. The Morgan fingerprint density at radius 3 is 2.47 bits per heavy atom. The first-order valence-electron chi connectivity index (χ1n) is 12.4. The van der Waals surface area contributed by atoms with Crippen molar-refractivity contribution in [1.29, 1.82) is 0 Å². The molecule has 3 aromatic heterocycles. The van der Waals surface area contributed by atoms with E-state index in [4.69, 9.17) is 10.5 Å². The normalized spacial score (nSPS) is 14.5.